The standard InChI is InChI=1S/C11H18FN3O2S/c1-15(6-4-2-3-5-13)18(16,17)11-7-10(12)8-14-9-11/h7-9H,2-6,13H2,1H3. The highest BCUT2D eigenvalue weighted by Crippen LogP contribution is 2.14. The summed E-state index contributed by atoms with van der Waals surface area (Å²) in [7, 11) is -2.17. The Hall–Kier alpha value is -1.05. The van der Waals surface area contributed by atoms with Crippen LogP contribution < -0.4 is 5.73 Å². The quantitative estimate of drug-likeness (QED) is 0.752. The number of sulfonamides is 1. The molecule has 0 unspecified atom stereocenters. The van der Waals surface area contributed by atoms with E-state index in [1.165, 1.54) is 11.4 Å². The van der Waals surface area contributed by atoms with Crippen LogP contribution in [0.5, 0.6) is 0 Å². The Balaban J connectivity index is 2.68. The summed E-state index contributed by atoms with van der Waals surface area (Å²) in [4.78, 5) is 3.42. The first-order valence-corrected chi connectivity index (χ1v) is 7.19. The maximum Gasteiger partial charge on any atom is 0.244 e. The van der Waals surface area contributed by atoms with Crippen molar-refractivity contribution in [3.05, 3.63) is 24.3 Å². The van der Waals surface area contributed by atoms with E-state index in [0.29, 0.717) is 13.1 Å². The van der Waals surface area contributed by atoms with Gasteiger partial charge < -0.3 is 5.73 Å². The third kappa shape index (κ3) is 4.01. The minimum absolute atomic E-state index is 0.121. The SMILES string of the molecule is CN(CCCCCN)S(=O)(=O)c1cncc(F)c1. The van der Waals surface area contributed by atoms with Crippen LogP contribution in [0.3, 0.4) is 0 Å². The maximum atomic E-state index is 13.0. The minimum atomic E-state index is -3.65. The largest absolute Gasteiger partial charge is 0.330 e. The van der Waals surface area contributed by atoms with E-state index < -0.39 is 15.8 Å². The van der Waals surface area contributed by atoms with Crippen LogP contribution in [-0.4, -0.2) is 37.8 Å². The topological polar surface area (TPSA) is 76.3 Å². The van der Waals surface area contributed by atoms with Gasteiger partial charge in [0, 0.05) is 19.8 Å². The first kappa shape index (κ1) is 15.0. The summed E-state index contributed by atoms with van der Waals surface area (Å²) >= 11 is 0. The number of unbranched alkanes of at least 4 members (excludes halogenated alkanes) is 2. The van der Waals surface area contributed by atoms with Crippen molar-refractivity contribution in [3.63, 3.8) is 0 Å². The second-order valence-electron chi connectivity index (χ2n) is 4.01. The van der Waals surface area contributed by atoms with Crippen LogP contribution in [0.25, 0.3) is 0 Å². The van der Waals surface area contributed by atoms with Gasteiger partial charge in [-0.25, -0.2) is 17.1 Å². The summed E-state index contributed by atoms with van der Waals surface area (Å²) in [5, 5.41) is 0. The molecule has 1 heterocycles. The van der Waals surface area contributed by atoms with Crippen LogP contribution in [-0.2, 0) is 10.0 Å². The number of aromatic nitrogens is 1. The van der Waals surface area contributed by atoms with Crippen molar-refractivity contribution in [2.75, 3.05) is 20.1 Å². The second-order valence-corrected chi connectivity index (χ2v) is 6.06. The van der Waals surface area contributed by atoms with Gasteiger partial charge in [0.1, 0.15) is 10.7 Å². The average molecular weight is 275 g/mol. The van der Waals surface area contributed by atoms with Gasteiger partial charge in [-0.2, -0.15) is 0 Å². The molecule has 0 fully saturated rings. The average Bonchev–Trinajstić information content (AvgIpc) is 2.34. The number of hydrogen-bond donors (Lipinski definition) is 1. The van der Waals surface area contributed by atoms with E-state index in [1.54, 1.807) is 0 Å². The fraction of sp³-hybridized carbons (Fsp3) is 0.545. The van der Waals surface area contributed by atoms with Crippen LogP contribution in [0.2, 0.25) is 0 Å². The fourth-order valence-corrected chi connectivity index (χ4v) is 2.67. The van der Waals surface area contributed by atoms with Crippen molar-refractivity contribution in [3.8, 4) is 0 Å². The van der Waals surface area contributed by atoms with Gasteiger partial charge in [-0.15, -0.1) is 0 Å². The normalized spacial score (nSPS) is 12.0. The minimum Gasteiger partial charge on any atom is -0.330 e. The Morgan fingerprint density at radius 3 is 2.67 bits per heavy atom. The Kier molecular flexibility index (Phi) is 5.64. The highest BCUT2D eigenvalue weighted by molar-refractivity contribution is 7.89. The molecule has 1 rings (SSSR count). The summed E-state index contributed by atoms with van der Waals surface area (Å²) in [6.07, 6.45) is 4.60. The van der Waals surface area contributed by atoms with Gasteiger partial charge in [0.15, 0.2) is 0 Å². The highest BCUT2D eigenvalue weighted by atomic mass is 32.2. The lowest BCUT2D eigenvalue weighted by Crippen LogP contribution is -2.28. The molecule has 0 bridgehead atoms. The van der Waals surface area contributed by atoms with Crippen molar-refractivity contribution in [1.29, 1.82) is 0 Å². The molecular weight excluding hydrogens is 257 g/mol. The lowest BCUT2D eigenvalue weighted by molar-refractivity contribution is 0.452. The summed E-state index contributed by atoms with van der Waals surface area (Å²) in [6, 6.07) is 0.971. The summed E-state index contributed by atoms with van der Waals surface area (Å²) in [5.41, 5.74) is 5.36. The molecule has 2 N–H and O–H groups in total. The van der Waals surface area contributed by atoms with E-state index in [9.17, 15) is 12.8 Å². The van der Waals surface area contributed by atoms with Crippen molar-refractivity contribution < 1.29 is 12.8 Å². The Bertz CT molecular complexity index is 479. The van der Waals surface area contributed by atoms with E-state index in [4.69, 9.17) is 5.73 Å². The number of hydrogen-bond acceptors (Lipinski definition) is 4. The van der Waals surface area contributed by atoms with Gasteiger partial charge in [0.05, 0.1) is 6.20 Å². The number of pyridine rings is 1. The van der Waals surface area contributed by atoms with Gasteiger partial charge in [-0.05, 0) is 25.5 Å². The molecule has 0 saturated heterocycles. The van der Waals surface area contributed by atoms with Crippen molar-refractivity contribution in [2.45, 2.75) is 24.2 Å². The molecule has 0 saturated carbocycles. The van der Waals surface area contributed by atoms with E-state index in [2.05, 4.69) is 4.98 Å². The molecular formula is C11H18FN3O2S. The Morgan fingerprint density at radius 1 is 1.33 bits per heavy atom. The maximum absolute atomic E-state index is 13.0. The predicted octanol–water partition coefficient (Wildman–Crippen LogP) is 0.970. The molecule has 0 aromatic carbocycles. The zero-order valence-corrected chi connectivity index (χ0v) is 11.2. The molecule has 0 radical (unpaired) electrons. The van der Waals surface area contributed by atoms with E-state index in [-0.39, 0.29) is 4.90 Å². The molecule has 7 heteroatoms. The lowest BCUT2D eigenvalue weighted by Gasteiger charge is -2.16. The van der Waals surface area contributed by atoms with E-state index >= 15 is 0 Å². The number of nitrogens with zero attached hydrogens (tertiary/aromatic N) is 2. The van der Waals surface area contributed by atoms with Crippen LogP contribution in [0.1, 0.15) is 19.3 Å². The molecule has 0 atom stereocenters. The monoisotopic (exact) mass is 275 g/mol. The first-order valence-electron chi connectivity index (χ1n) is 5.75. The lowest BCUT2D eigenvalue weighted by atomic mass is 10.2. The van der Waals surface area contributed by atoms with Crippen molar-refractivity contribution in [2.24, 2.45) is 5.73 Å². The van der Waals surface area contributed by atoms with Gasteiger partial charge in [0.2, 0.25) is 10.0 Å². The third-order valence-electron chi connectivity index (χ3n) is 2.57. The first-order chi connectivity index (χ1) is 8.48. The van der Waals surface area contributed by atoms with Crippen molar-refractivity contribution >= 4 is 10.0 Å². The van der Waals surface area contributed by atoms with Gasteiger partial charge in [0.25, 0.3) is 0 Å². The zero-order chi connectivity index (χ0) is 13.6. The van der Waals surface area contributed by atoms with Gasteiger partial charge >= 0.3 is 0 Å². The molecule has 0 spiro atoms. The van der Waals surface area contributed by atoms with Crippen LogP contribution in [0.4, 0.5) is 4.39 Å². The highest BCUT2D eigenvalue weighted by Gasteiger charge is 2.21. The zero-order valence-electron chi connectivity index (χ0n) is 10.3. The van der Waals surface area contributed by atoms with Crippen molar-refractivity contribution in [1.82, 2.24) is 9.29 Å². The summed E-state index contributed by atoms with van der Waals surface area (Å²) in [6.45, 7) is 0.989. The fourth-order valence-electron chi connectivity index (χ4n) is 1.49. The third-order valence-corrected chi connectivity index (χ3v) is 4.39. The number of rotatable bonds is 7. The molecule has 0 aliphatic carbocycles. The molecule has 102 valence electrons. The van der Waals surface area contributed by atoms with Crippen LogP contribution >= 0.6 is 0 Å². The number of halogens is 1. The van der Waals surface area contributed by atoms with E-state index in [0.717, 1.165) is 37.7 Å². The Morgan fingerprint density at radius 2 is 2.06 bits per heavy atom. The molecule has 0 aliphatic heterocycles. The molecule has 1 aromatic heterocycles. The van der Waals surface area contributed by atoms with Gasteiger partial charge in [-0.1, -0.05) is 6.42 Å². The molecule has 0 amide bonds. The smallest absolute Gasteiger partial charge is 0.244 e. The molecule has 18 heavy (non-hydrogen) atoms. The summed E-state index contributed by atoms with van der Waals surface area (Å²) < 4.78 is 38.2. The predicted molar refractivity (Wildman–Crippen MR) is 66.9 cm³/mol. The second kappa shape index (κ2) is 6.77. The Labute approximate surface area is 107 Å². The van der Waals surface area contributed by atoms with Gasteiger partial charge in [-0.3, -0.25) is 4.98 Å². The molecule has 5 nitrogen and oxygen atoms in total. The molecule has 1 aromatic rings. The van der Waals surface area contributed by atoms with E-state index in [1.807, 2.05) is 0 Å². The molecule has 0 aliphatic rings. The van der Waals surface area contributed by atoms with Crippen LogP contribution in [0, 0.1) is 5.82 Å². The summed E-state index contributed by atoms with van der Waals surface area (Å²) in [5.74, 6) is -0.660. The number of nitrogens with two attached hydrogens (primary N) is 1. The van der Waals surface area contributed by atoms with Crippen LogP contribution in [0.15, 0.2) is 23.4 Å².